The first-order valence-corrected chi connectivity index (χ1v) is 6.41. The van der Waals surface area contributed by atoms with E-state index in [1.54, 1.807) is 7.11 Å². The molecule has 0 bridgehead atoms. The molecule has 0 saturated carbocycles. The molecule has 1 aliphatic heterocycles. The van der Waals surface area contributed by atoms with Crippen molar-refractivity contribution in [2.24, 2.45) is 5.92 Å². The Morgan fingerprint density at radius 1 is 1.53 bits per heavy atom. The van der Waals surface area contributed by atoms with Gasteiger partial charge in [0.1, 0.15) is 5.75 Å². The van der Waals surface area contributed by atoms with E-state index in [0.29, 0.717) is 0 Å². The third-order valence-electron chi connectivity index (χ3n) is 3.17. The van der Waals surface area contributed by atoms with Gasteiger partial charge in [0.15, 0.2) is 0 Å². The van der Waals surface area contributed by atoms with Crippen LogP contribution in [0.4, 0.5) is 0 Å². The van der Waals surface area contributed by atoms with E-state index in [9.17, 15) is 0 Å². The summed E-state index contributed by atoms with van der Waals surface area (Å²) in [6, 6.07) is 5.82. The zero-order chi connectivity index (χ0) is 12.1. The first kappa shape index (κ1) is 12.7. The molecule has 0 amide bonds. The van der Waals surface area contributed by atoms with Crippen molar-refractivity contribution in [1.82, 2.24) is 10.6 Å². The molecular weight excluding hydrogens is 236 g/mol. The van der Waals surface area contributed by atoms with E-state index in [2.05, 4.69) is 10.6 Å². The predicted octanol–water partition coefficient (Wildman–Crippen LogP) is 2.05. The van der Waals surface area contributed by atoms with E-state index < -0.39 is 0 Å². The molecule has 1 aromatic rings. The van der Waals surface area contributed by atoms with Crippen molar-refractivity contribution in [2.75, 3.05) is 26.7 Å². The zero-order valence-corrected chi connectivity index (χ0v) is 10.9. The van der Waals surface area contributed by atoms with Gasteiger partial charge in [0.2, 0.25) is 0 Å². The molecule has 94 valence electrons. The van der Waals surface area contributed by atoms with E-state index >= 15 is 0 Å². The molecule has 1 saturated heterocycles. The lowest BCUT2D eigenvalue weighted by molar-refractivity contribution is 0.414. The highest BCUT2D eigenvalue weighted by molar-refractivity contribution is 6.31. The van der Waals surface area contributed by atoms with Gasteiger partial charge in [-0.25, -0.2) is 0 Å². The fourth-order valence-electron chi connectivity index (χ4n) is 2.10. The van der Waals surface area contributed by atoms with Gasteiger partial charge in [-0.3, -0.25) is 0 Å². The number of hydrogen-bond donors (Lipinski definition) is 2. The van der Waals surface area contributed by atoms with Crippen molar-refractivity contribution in [3.05, 3.63) is 28.8 Å². The van der Waals surface area contributed by atoms with Crippen LogP contribution in [0.3, 0.4) is 0 Å². The second kappa shape index (κ2) is 6.24. The molecule has 0 radical (unpaired) electrons. The molecule has 1 fully saturated rings. The standard InChI is InChI=1S/C13H19ClN2O/c1-17-12-3-2-11(13(14)6-12)9-16-8-10-4-5-15-7-10/h2-3,6,10,15-16H,4-5,7-9H2,1H3. The summed E-state index contributed by atoms with van der Waals surface area (Å²) in [5.41, 5.74) is 1.12. The van der Waals surface area contributed by atoms with Gasteiger partial charge in [0.25, 0.3) is 0 Å². The van der Waals surface area contributed by atoms with Crippen LogP contribution >= 0.6 is 11.6 Å². The van der Waals surface area contributed by atoms with Gasteiger partial charge in [-0.15, -0.1) is 0 Å². The Labute approximate surface area is 107 Å². The Bertz CT molecular complexity index is 364. The minimum absolute atomic E-state index is 0.757. The second-order valence-electron chi connectivity index (χ2n) is 4.45. The Morgan fingerprint density at radius 3 is 3.06 bits per heavy atom. The van der Waals surface area contributed by atoms with Crippen molar-refractivity contribution in [3.63, 3.8) is 0 Å². The summed E-state index contributed by atoms with van der Waals surface area (Å²) < 4.78 is 5.12. The summed E-state index contributed by atoms with van der Waals surface area (Å²) >= 11 is 6.17. The van der Waals surface area contributed by atoms with Crippen LogP contribution in [-0.4, -0.2) is 26.7 Å². The normalized spacial score (nSPS) is 19.5. The SMILES string of the molecule is COc1ccc(CNCC2CCNC2)c(Cl)c1. The summed E-state index contributed by atoms with van der Waals surface area (Å²) in [6.45, 7) is 4.15. The van der Waals surface area contributed by atoms with Crippen molar-refractivity contribution in [2.45, 2.75) is 13.0 Å². The monoisotopic (exact) mass is 254 g/mol. The first-order valence-electron chi connectivity index (χ1n) is 6.03. The average Bonchev–Trinajstić information content (AvgIpc) is 2.84. The average molecular weight is 255 g/mol. The van der Waals surface area contributed by atoms with Gasteiger partial charge in [-0.1, -0.05) is 17.7 Å². The molecule has 0 aliphatic carbocycles. The summed E-state index contributed by atoms with van der Waals surface area (Å²) in [7, 11) is 1.65. The number of methoxy groups -OCH3 is 1. The number of ether oxygens (including phenoxy) is 1. The van der Waals surface area contributed by atoms with Crippen LogP contribution < -0.4 is 15.4 Å². The van der Waals surface area contributed by atoms with Crippen LogP contribution in [0.1, 0.15) is 12.0 Å². The van der Waals surface area contributed by atoms with Crippen LogP contribution in [0.5, 0.6) is 5.75 Å². The van der Waals surface area contributed by atoms with Crippen LogP contribution in [0.15, 0.2) is 18.2 Å². The van der Waals surface area contributed by atoms with E-state index in [0.717, 1.165) is 48.4 Å². The van der Waals surface area contributed by atoms with Crippen LogP contribution in [0.25, 0.3) is 0 Å². The second-order valence-corrected chi connectivity index (χ2v) is 4.85. The third-order valence-corrected chi connectivity index (χ3v) is 3.52. The molecule has 0 aromatic heterocycles. The summed E-state index contributed by atoms with van der Waals surface area (Å²) in [6.07, 6.45) is 1.27. The van der Waals surface area contributed by atoms with Crippen molar-refractivity contribution >= 4 is 11.6 Å². The molecule has 1 aliphatic rings. The van der Waals surface area contributed by atoms with Crippen molar-refractivity contribution in [1.29, 1.82) is 0 Å². The van der Waals surface area contributed by atoms with Crippen molar-refractivity contribution < 1.29 is 4.74 Å². The van der Waals surface area contributed by atoms with Crippen LogP contribution in [0.2, 0.25) is 5.02 Å². The highest BCUT2D eigenvalue weighted by Crippen LogP contribution is 2.22. The molecule has 3 nitrogen and oxygen atoms in total. The molecule has 0 spiro atoms. The molecular formula is C13H19ClN2O. The highest BCUT2D eigenvalue weighted by Gasteiger charge is 2.13. The summed E-state index contributed by atoms with van der Waals surface area (Å²) in [5.74, 6) is 1.56. The van der Waals surface area contributed by atoms with Gasteiger partial charge < -0.3 is 15.4 Å². The van der Waals surface area contributed by atoms with Crippen molar-refractivity contribution in [3.8, 4) is 5.75 Å². The van der Waals surface area contributed by atoms with Gasteiger partial charge in [-0.2, -0.15) is 0 Å². The molecule has 1 heterocycles. The van der Waals surface area contributed by atoms with Gasteiger partial charge in [-0.05, 0) is 49.7 Å². The lowest BCUT2D eigenvalue weighted by Gasteiger charge is -2.11. The smallest absolute Gasteiger partial charge is 0.120 e. The van der Waals surface area contributed by atoms with Crippen LogP contribution in [0, 0.1) is 5.92 Å². The fraction of sp³-hybridized carbons (Fsp3) is 0.538. The van der Waals surface area contributed by atoms with E-state index in [4.69, 9.17) is 16.3 Å². The number of hydrogen-bond acceptors (Lipinski definition) is 3. The number of halogens is 1. The topological polar surface area (TPSA) is 33.3 Å². The van der Waals surface area contributed by atoms with E-state index in [1.807, 2.05) is 18.2 Å². The Kier molecular flexibility index (Phi) is 4.66. The quantitative estimate of drug-likeness (QED) is 0.844. The number of nitrogens with one attached hydrogen (secondary N) is 2. The fourth-order valence-corrected chi connectivity index (χ4v) is 2.34. The van der Waals surface area contributed by atoms with Gasteiger partial charge in [0, 0.05) is 11.6 Å². The van der Waals surface area contributed by atoms with Crippen LogP contribution in [-0.2, 0) is 6.54 Å². The van der Waals surface area contributed by atoms with E-state index in [1.165, 1.54) is 6.42 Å². The molecule has 1 unspecified atom stereocenters. The lowest BCUT2D eigenvalue weighted by Crippen LogP contribution is -2.24. The largest absolute Gasteiger partial charge is 0.497 e. The molecule has 17 heavy (non-hydrogen) atoms. The van der Waals surface area contributed by atoms with E-state index in [-0.39, 0.29) is 0 Å². The number of benzene rings is 1. The minimum atomic E-state index is 0.757. The summed E-state index contributed by atoms with van der Waals surface area (Å²) in [5, 5.41) is 7.59. The Morgan fingerprint density at radius 2 is 2.41 bits per heavy atom. The Hall–Kier alpha value is -0.770. The lowest BCUT2D eigenvalue weighted by atomic mass is 10.1. The first-order chi connectivity index (χ1) is 8.29. The zero-order valence-electron chi connectivity index (χ0n) is 10.1. The maximum absolute atomic E-state index is 6.17. The molecule has 2 N–H and O–H groups in total. The molecule has 1 atom stereocenters. The minimum Gasteiger partial charge on any atom is -0.497 e. The van der Waals surface area contributed by atoms with Gasteiger partial charge in [0.05, 0.1) is 7.11 Å². The maximum Gasteiger partial charge on any atom is 0.120 e. The molecule has 2 rings (SSSR count). The highest BCUT2D eigenvalue weighted by atomic mass is 35.5. The predicted molar refractivity (Wildman–Crippen MR) is 70.7 cm³/mol. The molecule has 1 aromatic carbocycles. The third kappa shape index (κ3) is 3.60. The maximum atomic E-state index is 6.17. The summed E-state index contributed by atoms with van der Waals surface area (Å²) in [4.78, 5) is 0. The van der Waals surface area contributed by atoms with Gasteiger partial charge >= 0.3 is 0 Å². The molecule has 4 heteroatoms. The number of rotatable bonds is 5. The Balaban J connectivity index is 1.81.